The number of esters is 1. The SMILES string of the molecule is CCCC(C)(N)C(=O)NCC(C)C(=O)OC(C)C. The Morgan fingerprint density at radius 2 is 1.89 bits per heavy atom. The number of hydrogen-bond donors (Lipinski definition) is 2. The molecular weight excluding hydrogens is 232 g/mol. The summed E-state index contributed by atoms with van der Waals surface area (Å²) in [5.74, 6) is -0.901. The van der Waals surface area contributed by atoms with Crippen molar-refractivity contribution in [2.75, 3.05) is 6.54 Å². The van der Waals surface area contributed by atoms with Gasteiger partial charge in [0.25, 0.3) is 0 Å². The molecule has 106 valence electrons. The molecular formula is C13H26N2O3. The highest BCUT2D eigenvalue weighted by molar-refractivity contribution is 5.86. The Morgan fingerprint density at radius 3 is 2.33 bits per heavy atom. The first-order chi connectivity index (χ1) is 8.20. The molecule has 0 aliphatic rings. The topological polar surface area (TPSA) is 81.4 Å². The van der Waals surface area contributed by atoms with E-state index in [0.717, 1.165) is 6.42 Å². The molecule has 5 nitrogen and oxygen atoms in total. The van der Waals surface area contributed by atoms with Gasteiger partial charge in [0.15, 0.2) is 0 Å². The summed E-state index contributed by atoms with van der Waals surface area (Å²) in [5.41, 5.74) is 5.01. The minimum Gasteiger partial charge on any atom is -0.463 e. The van der Waals surface area contributed by atoms with Crippen molar-refractivity contribution in [2.45, 2.75) is 59.1 Å². The van der Waals surface area contributed by atoms with E-state index in [1.54, 1.807) is 27.7 Å². The summed E-state index contributed by atoms with van der Waals surface area (Å²) in [7, 11) is 0. The Hall–Kier alpha value is -1.10. The Bertz CT molecular complexity index is 288. The minimum absolute atomic E-state index is 0.143. The minimum atomic E-state index is -0.879. The van der Waals surface area contributed by atoms with Crippen LogP contribution in [0, 0.1) is 5.92 Å². The maximum absolute atomic E-state index is 11.8. The Labute approximate surface area is 109 Å². The van der Waals surface area contributed by atoms with E-state index in [-0.39, 0.29) is 30.4 Å². The monoisotopic (exact) mass is 258 g/mol. The molecule has 0 fully saturated rings. The van der Waals surface area contributed by atoms with Crippen LogP contribution in [0.5, 0.6) is 0 Å². The molecule has 2 atom stereocenters. The van der Waals surface area contributed by atoms with Crippen molar-refractivity contribution < 1.29 is 14.3 Å². The number of carbonyl (C=O) groups excluding carboxylic acids is 2. The lowest BCUT2D eigenvalue weighted by Crippen LogP contribution is -2.52. The van der Waals surface area contributed by atoms with E-state index < -0.39 is 5.54 Å². The van der Waals surface area contributed by atoms with Crippen LogP contribution < -0.4 is 11.1 Å². The van der Waals surface area contributed by atoms with E-state index in [1.807, 2.05) is 6.92 Å². The summed E-state index contributed by atoms with van der Waals surface area (Å²) in [5, 5.41) is 2.70. The van der Waals surface area contributed by atoms with Gasteiger partial charge in [0.1, 0.15) is 0 Å². The predicted molar refractivity (Wildman–Crippen MR) is 70.9 cm³/mol. The van der Waals surface area contributed by atoms with E-state index in [9.17, 15) is 9.59 Å². The lowest BCUT2D eigenvalue weighted by molar-refractivity contribution is -0.151. The third kappa shape index (κ3) is 6.00. The molecule has 0 aromatic heterocycles. The molecule has 0 radical (unpaired) electrons. The molecule has 5 heteroatoms. The summed E-state index contributed by atoms with van der Waals surface area (Å²) in [4.78, 5) is 23.4. The van der Waals surface area contributed by atoms with Crippen LogP contribution in [0.25, 0.3) is 0 Å². The maximum atomic E-state index is 11.8. The summed E-state index contributed by atoms with van der Waals surface area (Å²) < 4.78 is 5.06. The second kappa shape index (κ2) is 7.36. The zero-order valence-corrected chi connectivity index (χ0v) is 12.1. The number of carbonyl (C=O) groups is 2. The van der Waals surface area contributed by atoms with Crippen LogP contribution >= 0.6 is 0 Å². The molecule has 0 aromatic carbocycles. The molecule has 2 unspecified atom stereocenters. The Morgan fingerprint density at radius 1 is 1.33 bits per heavy atom. The molecule has 0 rings (SSSR count). The van der Waals surface area contributed by atoms with Crippen molar-refractivity contribution in [3.8, 4) is 0 Å². The van der Waals surface area contributed by atoms with Crippen LogP contribution in [0.3, 0.4) is 0 Å². The molecule has 0 aliphatic carbocycles. The second-order valence-corrected chi connectivity index (χ2v) is 5.26. The Balaban J connectivity index is 4.16. The highest BCUT2D eigenvalue weighted by Gasteiger charge is 2.28. The number of hydrogen-bond acceptors (Lipinski definition) is 4. The van der Waals surface area contributed by atoms with E-state index in [2.05, 4.69) is 5.32 Å². The molecule has 0 bridgehead atoms. The van der Waals surface area contributed by atoms with E-state index in [4.69, 9.17) is 10.5 Å². The quantitative estimate of drug-likeness (QED) is 0.672. The largest absolute Gasteiger partial charge is 0.463 e. The van der Waals surface area contributed by atoms with Crippen LogP contribution in [0.4, 0.5) is 0 Å². The zero-order valence-electron chi connectivity index (χ0n) is 12.1. The van der Waals surface area contributed by atoms with Gasteiger partial charge in [0, 0.05) is 6.54 Å². The number of nitrogens with two attached hydrogens (primary N) is 1. The van der Waals surface area contributed by atoms with Crippen LogP contribution in [0.15, 0.2) is 0 Å². The fourth-order valence-corrected chi connectivity index (χ4v) is 1.51. The summed E-state index contributed by atoms with van der Waals surface area (Å²) in [6.45, 7) is 9.23. The lowest BCUT2D eigenvalue weighted by atomic mass is 9.96. The van der Waals surface area contributed by atoms with Crippen LogP contribution in [-0.4, -0.2) is 30.1 Å². The highest BCUT2D eigenvalue weighted by atomic mass is 16.5. The molecule has 0 saturated carbocycles. The van der Waals surface area contributed by atoms with E-state index in [1.165, 1.54) is 0 Å². The van der Waals surface area contributed by atoms with Crippen molar-refractivity contribution in [3.05, 3.63) is 0 Å². The van der Waals surface area contributed by atoms with Crippen molar-refractivity contribution in [3.63, 3.8) is 0 Å². The van der Waals surface area contributed by atoms with Gasteiger partial charge >= 0.3 is 5.97 Å². The third-order valence-electron chi connectivity index (χ3n) is 2.61. The number of amides is 1. The average Bonchev–Trinajstić information content (AvgIpc) is 2.24. The molecule has 3 N–H and O–H groups in total. The first-order valence-corrected chi connectivity index (χ1v) is 6.48. The van der Waals surface area contributed by atoms with Crippen molar-refractivity contribution in [2.24, 2.45) is 11.7 Å². The molecule has 18 heavy (non-hydrogen) atoms. The summed E-state index contributed by atoms with van der Waals surface area (Å²) in [6, 6.07) is 0. The Kier molecular flexibility index (Phi) is 6.91. The fourth-order valence-electron chi connectivity index (χ4n) is 1.51. The molecule has 0 aliphatic heterocycles. The van der Waals surface area contributed by atoms with Gasteiger partial charge in [-0.1, -0.05) is 20.3 Å². The van der Waals surface area contributed by atoms with Crippen molar-refractivity contribution >= 4 is 11.9 Å². The molecule has 0 spiro atoms. The standard InChI is InChI=1S/C13H26N2O3/c1-6-7-13(5,14)12(17)15-8-10(4)11(16)18-9(2)3/h9-10H,6-8,14H2,1-5H3,(H,15,17). The maximum Gasteiger partial charge on any atom is 0.310 e. The zero-order chi connectivity index (χ0) is 14.3. The summed E-state index contributed by atoms with van der Waals surface area (Å²) in [6.07, 6.45) is 1.31. The van der Waals surface area contributed by atoms with Crippen LogP contribution in [-0.2, 0) is 14.3 Å². The molecule has 0 saturated heterocycles. The van der Waals surface area contributed by atoms with Crippen LogP contribution in [0.2, 0.25) is 0 Å². The average molecular weight is 258 g/mol. The van der Waals surface area contributed by atoms with Crippen LogP contribution in [0.1, 0.15) is 47.5 Å². The molecule has 0 aromatic rings. The number of nitrogens with one attached hydrogen (secondary N) is 1. The van der Waals surface area contributed by atoms with Gasteiger partial charge in [-0.25, -0.2) is 0 Å². The van der Waals surface area contributed by atoms with E-state index in [0.29, 0.717) is 6.42 Å². The number of rotatable bonds is 7. The lowest BCUT2D eigenvalue weighted by Gasteiger charge is -2.23. The van der Waals surface area contributed by atoms with Gasteiger partial charge in [-0.3, -0.25) is 9.59 Å². The van der Waals surface area contributed by atoms with Crippen molar-refractivity contribution in [1.82, 2.24) is 5.32 Å². The summed E-state index contributed by atoms with van der Waals surface area (Å²) >= 11 is 0. The van der Waals surface area contributed by atoms with Gasteiger partial charge in [-0.05, 0) is 27.2 Å². The van der Waals surface area contributed by atoms with Crippen molar-refractivity contribution in [1.29, 1.82) is 0 Å². The van der Waals surface area contributed by atoms with Gasteiger partial charge < -0.3 is 15.8 Å². The second-order valence-electron chi connectivity index (χ2n) is 5.26. The first-order valence-electron chi connectivity index (χ1n) is 6.48. The van der Waals surface area contributed by atoms with Gasteiger partial charge in [0.05, 0.1) is 17.6 Å². The third-order valence-corrected chi connectivity index (χ3v) is 2.61. The normalized spacial score (nSPS) is 15.9. The van der Waals surface area contributed by atoms with E-state index >= 15 is 0 Å². The molecule has 1 amide bonds. The van der Waals surface area contributed by atoms with Gasteiger partial charge in [0.2, 0.25) is 5.91 Å². The van der Waals surface area contributed by atoms with Gasteiger partial charge in [-0.15, -0.1) is 0 Å². The fraction of sp³-hybridized carbons (Fsp3) is 0.846. The first kappa shape index (κ1) is 16.9. The number of ether oxygens (including phenoxy) is 1. The van der Waals surface area contributed by atoms with Gasteiger partial charge in [-0.2, -0.15) is 0 Å². The highest BCUT2D eigenvalue weighted by Crippen LogP contribution is 2.09. The predicted octanol–water partition coefficient (Wildman–Crippen LogP) is 1.21. The smallest absolute Gasteiger partial charge is 0.310 e. The molecule has 0 heterocycles.